The van der Waals surface area contributed by atoms with Crippen LogP contribution >= 0.6 is 0 Å². The number of amides is 1. The average Bonchev–Trinajstić information content (AvgIpc) is 2.09. The molecule has 1 aromatic carbocycles. The minimum atomic E-state index is 0.481. The molecule has 3 nitrogen and oxygen atoms in total. The Hall–Kier alpha value is -1.82. The largest absolute Gasteiger partial charge is 0.277 e. The number of hydrogen-bond donors (Lipinski definition) is 0. The number of para-hydroxylation sites is 1. The minimum Gasteiger partial charge on any atom is -0.277 e. The van der Waals surface area contributed by atoms with Crippen molar-refractivity contribution < 1.29 is 4.79 Å². The summed E-state index contributed by atoms with van der Waals surface area (Å²) in [4.78, 5) is 11.2. The van der Waals surface area contributed by atoms with E-state index in [-0.39, 0.29) is 0 Å². The zero-order valence-electron chi connectivity index (χ0n) is 5.77. The van der Waals surface area contributed by atoms with Gasteiger partial charge >= 0.3 is 0 Å². The highest BCUT2D eigenvalue weighted by atomic mass is 16.1. The Balaban J connectivity index is 2.93. The summed E-state index contributed by atoms with van der Waals surface area (Å²) in [5.41, 5.74) is 0.588. The van der Waals surface area contributed by atoms with Crippen molar-refractivity contribution >= 4 is 12.1 Å². The maximum absolute atomic E-state index is 10.2. The number of hydrogen-bond acceptors (Lipinski definition) is 2. The van der Waals surface area contributed by atoms with Gasteiger partial charge in [0.1, 0.15) is 0 Å². The van der Waals surface area contributed by atoms with Gasteiger partial charge in [-0.05, 0) is 12.1 Å². The summed E-state index contributed by atoms with van der Waals surface area (Å²) < 4.78 is 0. The Kier molecular flexibility index (Phi) is 2.24. The summed E-state index contributed by atoms with van der Waals surface area (Å²) in [6.07, 6.45) is 2.21. The van der Waals surface area contributed by atoms with Crippen LogP contribution in [0.2, 0.25) is 0 Å². The Morgan fingerprint density at radius 2 is 2.00 bits per heavy atom. The van der Waals surface area contributed by atoms with Gasteiger partial charge in [-0.25, -0.2) is 4.90 Å². The van der Waals surface area contributed by atoms with Gasteiger partial charge in [0.2, 0.25) is 6.41 Å². The molecule has 1 aromatic rings. The first-order valence-corrected chi connectivity index (χ1v) is 3.08. The molecule has 1 rings (SSSR count). The Bertz CT molecular complexity index is 276. The summed E-state index contributed by atoms with van der Waals surface area (Å²) in [6, 6.07) is 8.74. The Labute approximate surface area is 64.5 Å². The van der Waals surface area contributed by atoms with E-state index in [1.807, 2.05) is 6.07 Å². The fourth-order valence-corrected chi connectivity index (χ4v) is 0.731. The van der Waals surface area contributed by atoms with E-state index in [1.54, 1.807) is 30.5 Å². The number of rotatable bonds is 2. The summed E-state index contributed by atoms with van der Waals surface area (Å²) in [5, 5.41) is 8.42. The van der Waals surface area contributed by atoms with Crippen LogP contribution in [0.1, 0.15) is 0 Å². The summed E-state index contributed by atoms with van der Waals surface area (Å²) in [6.45, 7) is 0. The van der Waals surface area contributed by atoms with Gasteiger partial charge in [0.05, 0.1) is 5.69 Å². The number of benzene rings is 1. The van der Waals surface area contributed by atoms with Gasteiger partial charge in [0.15, 0.2) is 6.19 Å². The molecule has 0 heterocycles. The molecule has 11 heavy (non-hydrogen) atoms. The zero-order valence-corrected chi connectivity index (χ0v) is 5.77. The van der Waals surface area contributed by atoms with Crippen molar-refractivity contribution in [3.05, 3.63) is 30.3 Å². The molecule has 0 aromatic heterocycles. The topological polar surface area (TPSA) is 44.1 Å². The second kappa shape index (κ2) is 3.37. The lowest BCUT2D eigenvalue weighted by atomic mass is 10.3. The first kappa shape index (κ1) is 7.29. The van der Waals surface area contributed by atoms with E-state index in [0.717, 1.165) is 4.90 Å². The third kappa shape index (κ3) is 1.55. The van der Waals surface area contributed by atoms with Gasteiger partial charge in [0, 0.05) is 0 Å². The van der Waals surface area contributed by atoms with Crippen LogP contribution in [-0.2, 0) is 4.79 Å². The number of carbonyl (C=O) groups excluding carboxylic acids is 1. The number of nitriles is 1. The molecule has 0 bridgehead atoms. The summed E-state index contributed by atoms with van der Waals surface area (Å²) in [5.74, 6) is 0. The van der Waals surface area contributed by atoms with Crippen LogP contribution in [0.4, 0.5) is 5.69 Å². The second-order valence-electron chi connectivity index (χ2n) is 1.91. The Morgan fingerprint density at radius 3 is 2.45 bits per heavy atom. The van der Waals surface area contributed by atoms with Gasteiger partial charge in [-0.2, -0.15) is 5.26 Å². The molecule has 0 unspecified atom stereocenters. The number of carbonyl (C=O) groups is 1. The van der Waals surface area contributed by atoms with Gasteiger partial charge in [-0.15, -0.1) is 0 Å². The summed E-state index contributed by atoms with van der Waals surface area (Å²) in [7, 11) is 0. The molecule has 54 valence electrons. The maximum atomic E-state index is 10.2. The van der Waals surface area contributed by atoms with Crippen molar-refractivity contribution in [3.8, 4) is 6.19 Å². The van der Waals surface area contributed by atoms with Crippen molar-refractivity contribution in [2.45, 2.75) is 0 Å². The van der Waals surface area contributed by atoms with Gasteiger partial charge in [-0.3, -0.25) is 4.79 Å². The summed E-state index contributed by atoms with van der Waals surface area (Å²) >= 11 is 0. The second-order valence-corrected chi connectivity index (χ2v) is 1.91. The van der Waals surface area contributed by atoms with E-state index in [9.17, 15) is 4.79 Å². The molecule has 0 spiro atoms. The van der Waals surface area contributed by atoms with E-state index in [2.05, 4.69) is 0 Å². The van der Waals surface area contributed by atoms with Gasteiger partial charge in [-0.1, -0.05) is 18.2 Å². The lowest BCUT2D eigenvalue weighted by Crippen LogP contribution is -2.12. The molecule has 0 aliphatic heterocycles. The minimum absolute atomic E-state index is 0.481. The molecule has 0 saturated heterocycles. The fourth-order valence-electron chi connectivity index (χ4n) is 0.731. The van der Waals surface area contributed by atoms with E-state index in [1.165, 1.54) is 0 Å². The van der Waals surface area contributed by atoms with Crippen molar-refractivity contribution in [1.82, 2.24) is 0 Å². The smallest absolute Gasteiger partial charge is 0.227 e. The fraction of sp³-hybridized carbons (Fsp3) is 0. The first-order valence-electron chi connectivity index (χ1n) is 3.08. The standard InChI is InChI=1S/C8H6N2O/c9-6-10(7-11)8-4-2-1-3-5-8/h1-5,7H. The van der Waals surface area contributed by atoms with Crippen LogP contribution in [0, 0.1) is 11.5 Å². The van der Waals surface area contributed by atoms with Crippen molar-refractivity contribution in [2.24, 2.45) is 0 Å². The molecule has 3 heteroatoms. The molecular weight excluding hydrogens is 140 g/mol. The van der Waals surface area contributed by atoms with Gasteiger partial charge in [0.25, 0.3) is 0 Å². The van der Waals surface area contributed by atoms with Crippen LogP contribution in [-0.4, -0.2) is 6.41 Å². The normalized spacial score (nSPS) is 8.27. The van der Waals surface area contributed by atoms with Crippen molar-refractivity contribution in [1.29, 1.82) is 5.26 Å². The van der Waals surface area contributed by atoms with E-state index < -0.39 is 0 Å². The van der Waals surface area contributed by atoms with E-state index in [4.69, 9.17) is 5.26 Å². The molecule has 0 saturated carbocycles. The van der Waals surface area contributed by atoms with Gasteiger partial charge < -0.3 is 0 Å². The monoisotopic (exact) mass is 146 g/mol. The third-order valence-corrected chi connectivity index (χ3v) is 1.25. The predicted molar refractivity (Wildman–Crippen MR) is 40.6 cm³/mol. The maximum Gasteiger partial charge on any atom is 0.227 e. The van der Waals surface area contributed by atoms with Crippen LogP contribution in [0.25, 0.3) is 0 Å². The van der Waals surface area contributed by atoms with Crippen LogP contribution in [0.3, 0.4) is 0 Å². The predicted octanol–water partition coefficient (Wildman–Crippen LogP) is 1.13. The third-order valence-electron chi connectivity index (χ3n) is 1.25. The average molecular weight is 146 g/mol. The quantitative estimate of drug-likeness (QED) is 0.356. The molecule has 0 radical (unpaired) electrons. The highest BCUT2D eigenvalue weighted by Gasteiger charge is 1.99. The van der Waals surface area contributed by atoms with Crippen molar-refractivity contribution in [3.63, 3.8) is 0 Å². The van der Waals surface area contributed by atoms with Crippen LogP contribution in [0.5, 0.6) is 0 Å². The number of nitrogens with zero attached hydrogens (tertiary/aromatic N) is 2. The molecule has 0 atom stereocenters. The highest BCUT2D eigenvalue weighted by Crippen LogP contribution is 2.09. The molecular formula is C8H6N2O. The molecule has 0 N–H and O–H groups in total. The molecule has 0 aliphatic carbocycles. The molecule has 0 fully saturated rings. The lowest BCUT2D eigenvalue weighted by Gasteiger charge is -2.04. The van der Waals surface area contributed by atoms with Crippen LogP contribution in [0.15, 0.2) is 30.3 Å². The molecule has 0 aliphatic rings. The zero-order chi connectivity index (χ0) is 8.10. The SMILES string of the molecule is N#CN(C=O)c1ccccc1. The lowest BCUT2D eigenvalue weighted by molar-refractivity contribution is -0.106. The Morgan fingerprint density at radius 1 is 1.36 bits per heavy atom. The van der Waals surface area contributed by atoms with Crippen molar-refractivity contribution in [2.75, 3.05) is 4.90 Å². The first-order chi connectivity index (χ1) is 5.38. The van der Waals surface area contributed by atoms with Crippen LogP contribution < -0.4 is 4.90 Å². The van der Waals surface area contributed by atoms with E-state index >= 15 is 0 Å². The number of anilines is 1. The molecule has 1 amide bonds. The van der Waals surface area contributed by atoms with E-state index in [0.29, 0.717) is 12.1 Å². The highest BCUT2D eigenvalue weighted by molar-refractivity contribution is 5.78.